The van der Waals surface area contributed by atoms with Gasteiger partial charge in [-0.3, -0.25) is 0 Å². The summed E-state index contributed by atoms with van der Waals surface area (Å²) in [5, 5.41) is 0. The molecule has 310 valence electrons. The van der Waals surface area contributed by atoms with E-state index in [2.05, 4.69) is 162 Å². The Morgan fingerprint density at radius 3 is 2.05 bits per heavy atom. The Hall–Kier alpha value is -6.13. The zero-order valence-electron chi connectivity index (χ0n) is 43.7. The van der Waals surface area contributed by atoms with E-state index in [1.165, 1.54) is 5.56 Å². The highest BCUT2D eigenvalue weighted by molar-refractivity contribution is 6.03. The average molecular weight is 819 g/mol. The van der Waals surface area contributed by atoms with E-state index in [1.807, 2.05) is 38.2 Å². The third-order valence-corrected chi connectivity index (χ3v) is 13.5. The van der Waals surface area contributed by atoms with Crippen molar-refractivity contribution in [1.29, 1.82) is 0 Å². The van der Waals surface area contributed by atoms with E-state index in [1.54, 1.807) is 0 Å². The number of anilines is 3. The van der Waals surface area contributed by atoms with Gasteiger partial charge in [0, 0.05) is 41.3 Å². The molecule has 6 aromatic carbocycles. The fourth-order valence-electron chi connectivity index (χ4n) is 10.3. The molecule has 0 N–H and O–H groups in total. The van der Waals surface area contributed by atoms with Crippen LogP contribution in [0, 0.1) is 0 Å². The predicted octanol–water partition coefficient (Wildman–Crippen LogP) is 14.7. The van der Waals surface area contributed by atoms with Gasteiger partial charge in [0.05, 0.1) is 29.5 Å². The summed E-state index contributed by atoms with van der Waals surface area (Å²) in [6.45, 7) is 24.2. The number of rotatable bonds is 4. The Kier molecular flexibility index (Phi) is 6.80. The smallest absolute Gasteiger partial charge is 0.410 e. The molecule has 0 radical (unpaired) electrons. The van der Waals surface area contributed by atoms with Crippen LogP contribution in [0.2, 0.25) is 0 Å². The lowest BCUT2D eigenvalue weighted by molar-refractivity contribution is -0.774. The highest BCUT2D eigenvalue weighted by Crippen LogP contribution is 2.68. The van der Waals surface area contributed by atoms with E-state index < -0.39 is 24.0 Å². The number of ether oxygens (including phenoxy) is 1. The van der Waals surface area contributed by atoms with E-state index in [-0.39, 0.29) is 46.0 Å². The molecule has 2 atom stereocenters. The lowest BCUT2D eigenvalue weighted by Gasteiger charge is -2.49. The summed E-state index contributed by atoms with van der Waals surface area (Å²) in [5.74, 6) is -1.29. The fourth-order valence-corrected chi connectivity index (χ4v) is 10.3. The molecule has 4 nitrogen and oxygen atoms in total. The number of hydrogen-bond acceptors (Lipinski definition) is 3. The van der Waals surface area contributed by atoms with Gasteiger partial charge in [-0.25, -0.2) is 4.90 Å². The summed E-state index contributed by atoms with van der Waals surface area (Å²) in [5.41, 5.74) is 15.5. The number of pyridine rings is 1. The Balaban J connectivity index is 1.31. The van der Waals surface area contributed by atoms with Crippen molar-refractivity contribution < 1.29 is 17.5 Å². The second kappa shape index (κ2) is 13.0. The minimum atomic E-state index is -1.27. The lowest BCUT2D eigenvalue weighted by atomic mass is 9.77. The third kappa shape index (κ3) is 5.41. The standard InChI is InChI=1S/C58H58N3O/c1-35(2)38-25-26-48(43(29-38)37-21-16-13-17-22-37)60-49-24-18-23-42-44-31-40(55(3,4)5)32-45-50-30-39(36-19-14-12-15-20-36)27-28-59(50)58(51(44)45)61(52(42)49)54(60)46-33-41(56(6,7)8)34-47(53(46)62-58)57(9,10)11/h12-35,54H,1-11H3/q+1/i12D,14D,15D,19D,20D,35D. The van der Waals surface area contributed by atoms with Crippen LogP contribution < -0.4 is 19.1 Å². The molecule has 62 heavy (non-hydrogen) atoms. The molecule has 7 aromatic rings. The average Bonchev–Trinajstić information content (AvgIpc) is 3.77. The number of benzene rings is 6. The summed E-state index contributed by atoms with van der Waals surface area (Å²) < 4.78 is 63.2. The second-order valence-electron chi connectivity index (χ2n) is 20.9. The maximum Gasteiger partial charge on any atom is 0.432 e. The van der Waals surface area contributed by atoms with Gasteiger partial charge in [-0.1, -0.05) is 161 Å². The molecule has 2 unspecified atom stereocenters. The Bertz CT molecular complexity index is 3310. The first-order chi connectivity index (χ1) is 31.8. The Morgan fingerprint density at radius 1 is 0.645 bits per heavy atom. The zero-order valence-corrected chi connectivity index (χ0v) is 37.7. The van der Waals surface area contributed by atoms with Gasteiger partial charge in [-0.2, -0.15) is 0 Å². The molecule has 0 aliphatic carbocycles. The van der Waals surface area contributed by atoms with Gasteiger partial charge < -0.3 is 9.64 Å². The van der Waals surface area contributed by atoms with Crippen molar-refractivity contribution in [3.63, 3.8) is 0 Å². The van der Waals surface area contributed by atoms with Crippen molar-refractivity contribution in [2.75, 3.05) is 9.80 Å². The molecule has 1 spiro atoms. The van der Waals surface area contributed by atoms with Crippen LogP contribution in [0.1, 0.15) is 130 Å². The van der Waals surface area contributed by atoms with Crippen LogP contribution in [0.15, 0.2) is 140 Å². The van der Waals surface area contributed by atoms with Crippen LogP contribution in [0.4, 0.5) is 17.1 Å². The third-order valence-electron chi connectivity index (χ3n) is 13.5. The van der Waals surface area contributed by atoms with Crippen molar-refractivity contribution in [3.8, 4) is 50.4 Å². The van der Waals surface area contributed by atoms with E-state index in [0.29, 0.717) is 5.56 Å². The molecule has 0 fully saturated rings. The zero-order chi connectivity index (χ0) is 48.5. The van der Waals surface area contributed by atoms with Gasteiger partial charge in [-0.05, 0) is 91.9 Å². The normalized spacial score (nSPS) is 19.6. The van der Waals surface area contributed by atoms with Crippen molar-refractivity contribution in [2.45, 2.75) is 110 Å². The number of hydrogen-bond donors (Lipinski definition) is 0. The topological polar surface area (TPSA) is 19.6 Å². The Morgan fingerprint density at radius 2 is 1.35 bits per heavy atom. The first-order valence-corrected chi connectivity index (χ1v) is 22.0. The van der Waals surface area contributed by atoms with E-state index >= 15 is 0 Å². The minimum absolute atomic E-state index is 0.159. The van der Waals surface area contributed by atoms with Crippen LogP contribution >= 0.6 is 0 Å². The van der Waals surface area contributed by atoms with Crippen LogP contribution in [0.5, 0.6) is 5.75 Å². The predicted molar refractivity (Wildman–Crippen MR) is 257 cm³/mol. The van der Waals surface area contributed by atoms with Gasteiger partial charge in [0.15, 0.2) is 6.20 Å². The molecule has 4 aliphatic rings. The van der Waals surface area contributed by atoms with E-state index in [9.17, 15) is 1.37 Å². The number of nitrogens with zero attached hydrogens (tertiary/aromatic N) is 3. The number of aromatic nitrogens is 1. The largest absolute Gasteiger partial charge is 0.432 e. The summed E-state index contributed by atoms with van der Waals surface area (Å²) in [4.78, 5) is 5.01. The van der Waals surface area contributed by atoms with Gasteiger partial charge in [-0.15, -0.1) is 4.57 Å². The van der Waals surface area contributed by atoms with Gasteiger partial charge in [0.1, 0.15) is 17.5 Å². The van der Waals surface area contributed by atoms with Crippen molar-refractivity contribution in [3.05, 3.63) is 173 Å². The minimum Gasteiger partial charge on any atom is -0.410 e. The van der Waals surface area contributed by atoms with Crippen LogP contribution in [0.25, 0.3) is 44.6 Å². The lowest BCUT2D eigenvalue weighted by Crippen LogP contribution is -2.71. The molecule has 11 rings (SSSR count). The van der Waals surface area contributed by atoms with Crippen molar-refractivity contribution >= 4 is 17.1 Å². The van der Waals surface area contributed by atoms with Crippen molar-refractivity contribution in [2.24, 2.45) is 0 Å². The molecule has 0 bridgehead atoms. The summed E-state index contributed by atoms with van der Waals surface area (Å²) >= 11 is 0. The molecule has 0 saturated heterocycles. The Labute approximate surface area is 376 Å². The first kappa shape index (κ1) is 32.6. The van der Waals surface area contributed by atoms with Crippen LogP contribution in [-0.4, -0.2) is 0 Å². The van der Waals surface area contributed by atoms with Crippen molar-refractivity contribution in [1.82, 2.24) is 0 Å². The molecule has 5 heterocycles. The maximum absolute atomic E-state index is 9.20. The molecule has 4 heteroatoms. The quantitative estimate of drug-likeness (QED) is 0.165. The fraction of sp³-hybridized carbons (Fsp3) is 0.293. The monoisotopic (exact) mass is 818 g/mol. The molecular formula is C58H58N3O+. The van der Waals surface area contributed by atoms with E-state index in [4.69, 9.17) is 11.6 Å². The second-order valence-corrected chi connectivity index (χ2v) is 20.9. The van der Waals surface area contributed by atoms with Gasteiger partial charge in [0.2, 0.25) is 5.69 Å². The molecule has 4 aliphatic heterocycles. The van der Waals surface area contributed by atoms with Crippen LogP contribution in [-0.2, 0) is 22.1 Å². The maximum atomic E-state index is 9.20. The molecule has 1 aromatic heterocycles. The highest BCUT2D eigenvalue weighted by Gasteiger charge is 2.70. The SMILES string of the molecule is [2H]c1c([2H])c([2H])c(-c2cc[n+]3c(c2)-c2cc(C(C)(C)C)cc4c2C32Oc3c(cc(C(C)(C)C)cc3C(C)(C)C)C3N(c5ccc(C([2H])(C)C)cc5-c5ccccc5)c5cccc-4c5N32)c([2H])c1[2H]. The van der Waals surface area contributed by atoms with Gasteiger partial charge in [0.25, 0.3) is 0 Å². The number of fused-ring (bicyclic) bond motifs is 5. The molecule has 0 saturated carbocycles. The summed E-state index contributed by atoms with van der Waals surface area (Å²) in [6, 6.07) is 35.3. The first-order valence-electron chi connectivity index (χ1n) is 25.0. The van der Waals surface area contributed by atoms with E-state index in [0.717, 1.165) is 84.1 Å². The van der Waals surface area contributed by atoms with Crippen LogP contribution in [0.3, 0.4) is 0 Å². The highest BCUT2D eigenvalue weighted by atomic mass is 16.5. The van der Waals surface area contributed by atoms with Gasteiger partial charge >= 0.3 is 5.85 Å². The summed E-state index contributed by atoms with van der Waals surface area (Å²) in [7, 11) is 0. The molecule has 0 amide bonds. The molecular weight excluding hydrogens is 755 g/mol. The number of para-hydroxylation sites is 1. The summed E-state index contributed by atoms with van der Waals surface area (Å²) in [6.07, 6.45) is 1.57.